The smallest absolute Gasteiger partial charge is 0.235 e. The van der Waals surface area contributed by atoms with Crippen LogP contribution in [0.1, 0.15) is 24.0 Å². The van der Waals surface area contributed by atoms with Crippen molar-refractivity contribution in [3.05, 3.63) is 27.7 Å². The highest BCUT2D eigenvalue weighted by Crippen LogP contribution is 2.55. The number of ether oxygens (including phenoxy) is 1. The summed E-state index contributed by atoms with van der Waals surface area (Å²) in [4.78, 5) is 14.4. The zero-order chi connectivity index (χ0) is 11.8. The second kappa shape index (κ2) is 4.04. The Kier molecular flexibility index (Phi) is 2.87. The van der Waals surface area contributed by atoms with Gasteiger partial charge < -0.3 is 4.74 Å². The molecule has 1 aliphatic carbocycles. The van der Waals surface area contributed by atoms with Crippen molar-refractivity contribution in [3.8, 4) is 5.75 Å². The first-order chi connectivity index (χ1) is 7.64. The number of halogens is 1. The highest BCUT2D eigenvalue weighted by Gasteiger charge is 2.48. The van der Waals surface area contributed by atoms with Gasteiger partial charge in [0.1, 0.15) is 11.3 Å². The SMILES string of the molecule is COc1ccc(C)c(Br)c1C1(N=C=O)CC1. The number of carbonyl (C=O) groups excluding carboxylic acids is 1. The summed E-state index contributed by atoms with van der Waals surface area (Å²) in [5.74, 6) is 0.772. The van der Waals surface area contributed by atoms with Gasteiger partial charge in [0.05, 0.1) is 7.11 Å². The fourth-order valence-electron chi connectivity index (χ4n) is 1.89. The van der Waals surface area contributed by atoms with E-state index in [0.29, 0.717) is 0 Å². The Labute approximate surface area is 103 Å². The zero-order valence-corrected chi connectivity index (χ0v) is 10.8. The van der Waals surface area contributed by atoms with E-state index in [-0.39, 0.29) is 0 Å². The maximum absolute atomic E-state index is 10.5. The molecule has 0 unspecified atom stereocenters. The molecule has 0 saturated heterocycles. The molecule has 0 spiro atoms. The van der Waals surface area contributed by atoms with Crippen LogP contribution in [0.25, 0.3) is 0 Å². The van der Waals surface area contributed by atoms with E-state index in [2.05, 4.69) is 20.9 Å². The van der Waals surface area contributed by atoms with Crippen molar-refractivity contribution in [2.24, 2.45) is 4.99 Å². The third-order valence-corrected chi connectivity index (χ3v) is 3.99. The van der Waals surface area contributed by atoms with Gasteiger partial charge >= 0.3 is 0 Å². The summed E-state index contributed by atoms with van der Waals surface area (Å²) in [5, 5.41) is 0. The minimum atomic E-state index is -0.405. The Hall–Kier alpha value is -1.12. The number of benzene rings is 1. The Bertz CT molecular complexity index is 474. The van der Waals surface area contributed by atoms with Crippen molar-refractivity contribution in [2.75, 3.05) is 7.11 Å². The van der Waals surface area contributed by atoms with Gasteiger partial charge in [-0.15, -0.1) is 0 Å². The summed E-state index contributed by atoms with van der Waals surface area (Å²) in [5.41, 5.74) is 1.68. The molecule has 4 heteroatoms. The average Bonchev–Trinajstić information content (AvgIpc) is 3.03. The molecule has 0 bridgehead atoms. The monoisotopic (exact) mass is 281 g/mol. The molecule has 1 fully saturated rings. The van der Waals surface area contributed by atoms with Crippen molar-refractivity contribution in [1.29, 1.82) is 0 Å². The van der Waals surface area contributed by atoms with Crippen molar-refractivity contribution < 1.29 is 9.53 Å². The van der Waals surface area contributed by atoms with Crippen molar-refractivity contribution >= 4 is 22.0 Å². The molecule has 0 aromatic heterocycles. The number of hydrogen-bond donors (Lipinski definition) is 0. The predicted molar refractivity (Wildman–Crippen MR) is 64.5 cm³/mol. The molecule has 0 heterocycles. The highest BCUT2D eigenvalue weighted by atomic mass is 79.9. The van der Waals surface area contributed by atoms with Gasteiger partial charge in [0.2, 0.25) is 6.08 Å². The number of isocyanates is 1. The molecule has 1 aliphatic rings. The number of methoxy groups -OCH3 is 1. The van der Waals surface area contributed by atoms with Crippen LogP contribution in [0.15, 0.2) is 21.6 Å². The summed E-state index contributed by atoms with van der Waals surface area (Å²) in [6, 6.07) is 3.89. The van der Waals surface area contributed by atoms with Crippen LogP contribution in [0.3, 0.4) is 0 Å². The molecule has 0 amide bonds. The van der Waals surface area contributed by atoms with Gasteiger partial charge in [0.25, 0.3) is 0 Å². The average molecular weight is 282 g/mol. The minimum Gasteiger partial charge on any atom is -0.496 e. The van der Waals surface area contributed by atoms with Gasteiger partial charge in [0, 0.05) is 10.0 Å². The Morgan fingerprint density at radius 2 is 2.19 bits per heavy atom. The lowest BCUT2D eigenvalue weighted by Crippen LogP contribution is -2.07. The summed E-state index contributed by atoms with van der Waals surface area (Å²) in [7, 11) is 1.63. The molecule has 1 saturated carbocycles. The summed E-state index contributed by atoms with van der Waals surface area (Å²) < 4.78 is 6.31. The number of nitrogens with zero attached hydrogens (tertiary/aromatic N) is 1. The molecule has 0 N–H and O–H groups in total. The molecular formula is C12H12BrNO2. The van der Waals surface area contributed by atoms with Gasteiger partial charge in [-0.2, -0.15) is 4.99 Å². The first-order valence-corrected chi connectivity index (χ1v) is 5.86. The normalized spacial score (nSPS) is 16.4. The van der Waals surface area contributed by atoms with E-state index in [1.165, 1.54) is 0 Å². The van der Waals surface area contributed by atoms with Crippen molar-refractivity contribution in [2.45, 2.75) is 25.3 Å². The highest BCUT2D eigenvalue weighted by molar-refractivity contribution is 9.10. The molecule has 84 valence electrons. The second-order valence-corrected chi connectivity index (χ2v) is 4.80. The Morgan fingerprint density at radius 1 is 1.50 bits per heavy atom. The van der Waals surface area contributed by atoms with Crippen LogP contribution >= 0.6 is 15.9 Å². The third-order valence-electron chi connectivity index (χ3n) is 2.97. The van der Waals surface area contributed by atoms with Crippen LogP contribution in [0.5, 0.6) is 5.75 Å². The summed E-state index contributed by atoms with van der Waals surface area (Å²) >= 11 is 3.55. The Balaban J connectivity index is 2.62. The van der Waals surface area contributed by atoms with E-state index in [1.54, 1.807) is 13.2 Å². The fraction of sp³-hybridized carbons (Fsp3) is 0.417. The topological polar surface area (TPSA) is 38.7 Å². The third kappa shape index (κ3) is 1.68. The first kappa shape index (κ1) is 11.4. The quantitative estimate of drug-likeness (QED) is 0.631. The number of aliphatic imine (C=N–C) groups is 1. The van der Waals surface area contributed by atoms with E-state index in [1.807, 2.05) is 19.1 Å². The van der Waals surface area contributed by atoms with E-state index >= 15 is 0 Å². The van der Waals surface area contributed by atoms with Crippen LogP contribution < -0.4 is 4.74 Å². The predicted octanol–water partition coefficient (Wildman–Crippen LogP) is 3.09. The van der Waals surface area contributed by atoms with Gasteiger partial charge in [-0.1, -0.05) is 22.0 Å². The van der Waals surface area contributed by atoms with Gasteiger partial charge in [-0.25, -0.2) is 4.79 Å². The molecule has 0 aliphatic heterocycles. The van der Waals surface area contributed by atoms with Crippen LogP contribution in [-0.2, 0) is 10.3 Å². The molecule has 1 aromatic carbocycles. The second-order valence-electron chi connectivity index (χ2n) is 4.01. The number of rotatable bonds is 3. The summed E-state index contributed by atoms with van der Waals surface area (Å²) in [6.07, 6.45) is 3.42. The molecule has 0 radical (unpaired) electrons. The largest absolute Gasteiger partial charge is 0.496 e. The van der Waals surface area contributed by atoms with Crippen LogP contribution in [-0.4, -0.2) is 13.2 Å². The van der Waals surface area contributed by atoms with Gasteiger partial charge in [-0.05, 0) is 31.4 Å². The van der Waals surface area contributed by atoms with E-state index in [0.717, 1.165) is 34.2 Å². The molecular weight excluding hydrogens is 270 g/mol. The van der Waals surface area contributed by atoms with Crippen LogP contribution in [0.2, 0.25) is 0 Å². The molecule has 16 heavy (non-hydrogen) atoms. The number of hydrogen-bond acceptors (Lipinski definition) is 3. The lowest BCUT2D eigenvalue weighted by molar-refractivity contribution is 0.403. The maximum Gasteiger partial charge on any atom is 0.235 e. The molecule has 0 atom stereocenters. The zero-order valence-electron chi connectivity index (χ0n) is 9.21. The lowest BCUT2D eigenvalue weighted by Gasteiger charge is -2.16. The molecule has 2 rings (SSSR count). The standard InChI is InChI=1S/C12H12BrNO2/c1-8-3-4-9(16-2)10(11(8)13)12(5-6-12)14-7-15/h3-4H,5-6H2,1-2H3. The van der Waals surface area contributed by atoms with Crippen molar-refractivity contribution in [1.82, 2.24) is 0 Å². The lowest BCUT2D eigenvalue weighted by atomic mass is 10.0. The van der Waals surface area contributed by atoms with Crippen LogP contribution in [0, 0.1) is 6.92 Å². The maximum atomic E-state index is 10.5. The van der Waals surface area contributed by atoms with Gasteiger partial charge in [0.15, 0.2) is 0 Å². The van der Waals surface area contributed by atoms with E-state index in [9.17, 15) is 4.79 Å². The number of aryl methyl sites for hydroxylation is 1. The molecule has 1 aromatic rings. The Morgan fingerprint density at radius 3 is 2.69 bits per heavy atom. The fourth-order valence-corrected chi connectivity index (χ4v) is 2.59. The van der Waals surface area contributed by atoms with E-state index < -0.39 is 5.54 Å². The summed E-state index contributed by atoms with van der Waals surface area (Å²) in [6.45, 7) is 2.01. The first-order valence-electron chi connectivity index (χ1n) is 5.07. The minimum absolute atomic E-state index is 0.405. The van der Waals surface area contributed by atoms with Crippen LogP contribution in [0.4, 0.5) is 0 Å². The van der Waals surface area contributed by atoms with Crippen molar-refractivity contribution in [3.63, 3.8) is 0 Å². The molecule has 3 nitrogen and oxygen atoms in total. The van der Waals surface area contributed by atoms with Gasteiger partial charge in [-0.3, -0.25) is 0 Å². The van der Waals surface area contributed by atoms with E-state index in [4.69, 9.17) is 4.74 Å².